The van der Waals surface area contributed by atoms with Gasteiger partial charge in [0.15, 0.2) is 17.5 Å². The summed E-state index contributed by atoms with van der Waals surface area (Å²) in [5.41, 5.74) is 0.944. The molecular formula is C22H36N4O4. The molecule has 8 heteroatoms. The van der Waals surface area contributed by atoms with E-state index in [0.29, 0.717) is 37.7 Å². The normalized spacial score (nSPS) is 15.1. The lowest BCUT2D eigenvalue weighted by atomic mass is 9.84. The number of nitrogens with one attached hydrogen (secondary N) is 1. The number of piperazine rings is 1. The van der Waals surface area contributed by atoms with E-state index in [0.717, 1.165) is 31.2 Å². The lowest BCUT2D eigenvalue weighted by molar-refractivity contribution is 0.0914. The molecule has 1 aliphatic rings. The number of hydrogen-bond acceptors (Lipinski definition) is 5. The molecule has 1 aromatic rings. The summed E-state index contributed by atoms with van der Waals surface area (Å²) in [6, 6.07) is 6.00. The van der Waals surface area contributed by atoms with Crippen molar-refractivity contribution < 1.29 is 19.0 Å². The smallest absolute Gasteiger partial charge is 0.409 e. The van der Waals surface area contributed by atoms with Gasteiger partial charge >= 0.3 is 6.09 Å². The van der Waals surface area contributed by atoms with Crippen molar-refractivity contribution in [3.63, 3.8) is 0 Å². The zero-order chi connectivity index (χ0) is 22.1. The first-order valence-corrected chi connectivity index (χ1v) is 10.5. The molecule has 0 atom stereocenters. The lowest BCUT2D eigenvalue weighted by Gasteiger charge is -2.36. The second-order valence-electron chi connectivity index (χ2n) is 7.80. The number of hydrogen-bond donors (Lipinski definition) is 1. The second-order valence-corrected chi connectivity index (χ2v) is 7.80. The van der Waals surface area contributed by atoms with Gasteiger partial charge in [0.05, 0.1) is 27.4 Å². The average Bonchev–Trinajstić information content (AvgIpc) is 2.76. The molecule has 1 aliphatic heterocycles. The van der Waals surface area contributed by atoms with E-state index in [9.17, 15) is 4.79 Å². The minimum absolute atomic E-state index is 0.188. The van der Waals surface area contributed by atoms with Crippen LogP contribution < -0.4 is 14.8 Å². The van der Waals surface area contributed by atoms with Crippen LogP contribution in [0.4, 0.5) is 4.79 Å². The Kier molecular flexibility index (Phi) is 8.62. The predicted molar refractivity (Wildman–Crippen MR) is 119 cm³/mol. The van der Waals surface area contributed by atoms with E-state index in [-0.39, 0.29) is 11.5 Å². The molecule has 0 aromatic heterocycles. The summed E-state index contributed by atoms with van der Waals surface area (Å²) < 4.78 is 15.9. The fraction of sp³-hybridized carbons (Fsp3) is 0.636. The maximum absolute atomic E-state index is 11.9. The third-order valence-corrected chi connectivity index (χ3v) is 5.23. The summed E-state index contributed by atoms with van der Waals surface area (Å²) in [6.45, 7) is 12.7. The first-order valence-electron chi connectivity index (χ1n) is 10.5. The number of rotatable bonds is 7. The van der Waals surface area contributed by atoms with Gasteiger partial charge < -0.3 is 29.3 Å². The highest BCUT2D eigenvalue weighted by molar-refractivity contribution is 5.80. The summed E-state index contributed by atoms with van der Waals surface area (Å²) in [4.78, 5) is 20.8. The summed E-state index contributed by atoms with van der Waals surface area (Å²) in [5.74, 6) is 2.30. The Bertz CT molecular complexity index is 728. The van der Waals surface area contributed by atoms with Gasteiger partial charge in [-0.2, -0.15) is 0 Å². The molecule has 1 amide bonds. The van der Waals surface area contributed by atoms with E-state index >= 15 is 0 Å². The third-order valence-electron chi connectivity index (χ3n) is 5.23. The highest BCUT2D eigenvalue weighted by Crippen LogP contribution is 2.33. The van der Waals surface area contributed by atoms with E-state index < -0.39 is 0 Å². The minimum Gasteiger partial charge on any atom is -0.493 e. The molecule has 1 N–H and O–H groups in total. The maximum atomic E-state index is 11.9. The maximum Gasteiger partial charge on any atom is 0.409 e. The second kappa shape index (κ2) is 10.9. The Morgan fingerprint density at radius 1 is 1.07 bits per heavy atom. The molecule has 0 saturated carbocycles. The molecule has 1 heterocycles. The average molecular weight is 421 g/mol. The molecule has 0 bridgehead atoms. The van der Waals surface area contributed by atoms with Crippen LogP contribution in [0.5, 0.6) is 11.5 Å². The van der Waals surface area contributed by atoms with Gasteiger partial charge in [0.1, 0.15) is 0 Å². The number of guanidine groups is 1. The van der Waals surface area contributed by atoms with Crippen LogP contribution in [0.25, 0.3) is 0 Å². The Hall–Kier alpha value is -2.64. The zero-order valence-electron chi connectivity index (χ0n) is 19.2. The van der Waals surface area contributed by atoms with E-state index in [4.69, 9.17) is 19.2 Å². The standard InChI is InChI=1S/C22H36N4O4/c1-7-23-20(25-11-13-26(14-12-25)21(27)30-8-2)24-16-22(3,4)17-9-10-18(28-5)19(15-17)29-6/h9-10,15H,7-8,11-14,16H2,1-6H3,(H,23,24). The summed E-state index contributed by atoms with van der Waals surface area (Å²) >= 11 is 0. The van der Waals surface area contributed by atoms with Crippen molar-refractivity contribution in [3.05, 3.63) is 23.8 Å². The van der Waals surface area contributed by atoms with Gasteiger partial charge in [0.2, 0.25) is 0 Å². The molecule has 1 aromatic carbocycles. The van der Waals surface area contributed by atoms with E-state index in [1.165, 1.54) is 0 Å². The topological polar surface area (TPSA) is 75.6 Å². The Balaban J connectivity index is 2.09. The van der Waals surface area contributed by atoms with Crippen molar-refractivity contribution in [1.82, 2.24) is 15.1 Å². The van der Waals surface area contributed by atoms with Gasteiger partial charge in [-0.15, -0.1) is 0 Å². The molecule has 2 rings (SSSR count). The van der Waals surface area contributed by atoms with Crippen LogP contribution in [0.2, 0.25) is 0 Å². The highest BCUT2D eigenvalue weighted by atomic mass is 16.6. The number of methoxy groups -OCH3 is 2. The Labute approximate surface area is 180 Å². The minimum atomic E-state index is -0.242. The summed E-state index contributed by atoms with van der Waals surface area (Å²) in [5, 5.41) is 3.38. The quantitative estimate of drug-likeness (QED) is 0.540. The fourth-order valence-corrected chi connectivity index (χ4v) is 3.36. The monoisotopic (exact) mass is 420 g/mol. The number of benzene rings is 1. The Morgan fingerprint density at radius 3 is 2.27 bits per heavy atom. The number of amides is 1. The van der Waals surface area contributed by atoms with Crippen molar-refractivity contribution >= 4 is 12.1 Å². The van der Waals surface area contributed by atoms with Gasteiger partial charge in [0.25, 0.3) is 0 Å². The molecule has 0 radical (unpaired) electrons. The highest BCUT2D eigenvalue weighted by Gasteiger charge is 2.26. The van der Waals surface area contributed by atoms with Gasteiger partial charge in [-0.05, 0) is 31.5 Å². The molecule has 0 aliphatic carbocycles. The van der Waals surface area contributed by atoms with Crippen molar-refractivity contribution in [3.8, 4) is 11.5 Å². The van der Waals surface area contributed by atoms with Crippen LogP contribution in [0.3, 0.4) is 0 Å². The van der Waals surface area contributed by atoms with Crippen molar-refractivity contribution in [1.29, 1.82) is 0 Å². The number of nitrogens with zero attached hydrogens (tertiary/aromatic N) is 3. The van der Waals surface area contributed by atoms with Crippen LogP contribution in [-0.2, 0) is 10.2 Å². The van der Waals surface area contributed by atoms with Crippen LogP contribution in [0.1, 0.15) is 33.3 Å². The van der Waals surface area contributed by atoms with E-state index in [1.807, 2.05) is 19.1 Å². The molecular weight excluding hydrogens is 384 g/mol. The van der Waals surface area contributed by atoms with Crippen molar-refractivity contribution in [2.75, 3.05) is 60.1 Å². The first-order chi connectivity index (χ1) is 14.4. The third kappa shape index (κ3) is 5.93. The number of carbonyl (C=O) groups excluding carboxylic acids is 1. The number of ether oxygens (including phenoxy) is 3. The van der Waals surface area contributed by atoms with Gasteiger partial charge in [-0.25, -0.2) is 4.79 Å². The number of carbonyl (C=O) groups is 1. The van der Waals surface area contributed by atoms with Gasteiger partial charge in [0, 0.05) is 38.1 Å². The molecule has 8 nitrogen and oxygen atoms in total. The number of aliphatic imine (C=N–C) groups is 1. The van der Waals surface area contributed by atoms with Gasteiger partial charge in [-0.1, -0.05) is 19.9 Å². The van der Waals surface area contributed by atoms with Crippen LogP contribution in [-0.4, -0.2) is 81.9 Å². The summed E-state index contributed by atoms with van der Waals surface area (Å²) in [7, 11) is 3.28. The predicted octanol–water partition coefficient (Wildman–Crippen LogP) is 2.72. The van der Waals surface area contributed by atoms with Crippen LogP contribution >= 0.6 is 0 Å². The molecule has 168 valence electrons. The van der Waals surface area contributed by atoms with Crippen LogP contribution in [0, 0.1) is 0 Å². The first kappa shape index (κ1) is 23.6. The van der Waals surface area contributed by atoms with Crippen molar-refractivity contribution in [2.24, 2.45) is 4.99 Å². The van der Waals surface area contributed by atoms with Crippen molar-refractivity contribution in [2.45, 2.75) is 33.1 Å². The van der Waals surface area contributed by atoms with Crippen LogP contribution in [0.15, 0.2) is 23.2 Å². The lowest BCUT2D eigenvalue weighted by Crippen LogP contribution is -2.54. The summed E-state index contributed by atoms with van der Waals surface area (Å²) in [6.07, 6.45) is -0.242. The van der Waals surface area contributed by atoms with E-state index in [2.05, 4.69) is 37.1 Å². The molecule has 1 saturated heterocycles. The molecule has 1 fully saturated rings. The fourth-order valence-electron chi connectivity index (χ4n) is 3.36. The largest absolute Gasteiger partial charge is 0.493 e. The zero-order valence-corrected chi connectivity index (χ0v) is 19.2. The van der Waals surface area contributed by atoms with Gasteiger partial charge in [-0.3, -0.25) is 4.99 Å². The molecule has 0 unspecified atom stereocenters. The SMILES string of the molecule is CCNC(=NCC(C)(C)c1ccc(OC)c(OC)c1)N1CCN(C(=O)OCC)CC1. The van der Waals surface area contributed by atoms with E-state index in [1.54, 1.807) is 19.1 Å². The molecule has 30 heavy (non-hydrogen) atoms. The molecule has 0 spiro atoms. The Morgan fingerprint density at radius 2 is 1.70 bits per heavy atom.